The summed E-state index contributed by atoms with van der Waals surface area (Å²) in [6.07, 6.45) is 3.15. The van der Waals surface area contributed by atoms with E-state index in [1.54, 1.807) is 32.4 Å². The van der Waals surface area contributed by atoms with Crippen LogP contribution in [0.4, 0.5) is 5.13 Å². The third-order valence-corrected chi connectivity index (χ3v) is 6.05. The second-order valence-corrected chi connectivity index (χ2v) is 8.45. The van der Waals surface area contributed by atoms with Gasteiger partial charge in [0, 0.05) is 17.0 Å². The molecule has 0 saturated heterocycles. The maximum atomic E-state index is 12.4. The predicted octanol–water partition coefficient (Wildman–Crippen LogP) is 5.66. The van der Waals surface area contributed by atoms with Crippen LogP contribution in [0.2, 0.25) is 0 Å². The molecule has 2 heterocycles. The summed E-state index contributed by atoms with van der Waals surface area (Å²) >= 11 is 1.36. The fourth-order valence-electron chi connectivity index (χ4n) is 3.31. The van der Waals surface area contributed by atoms with Crippen molar-refractivity contribution in [2.45, 2.75) is 20.5 Å². The number of anilines is 1. The molecule has 0 spiro atoms. The van der Waals surface area contributed by atoms with Crippen LogP contribution in [0.15, 0.2) is 58.4 Å². The third kappa shape index (κ3) is 5.88. The minimum atomic E-state index is -0.279. The molecule has 0 atom stereocenters. The van der Waals surface area contributed by atoms with E-state index in [0.29, 0.717) is 23.2 Å². The van der Waals surface area contributed by atoms with Gasteiger partial charge in [0.1, 0.15) is 18.1 Å². The maximum absolute atomic E-state index is 12.4. The van der Waals surface area contributed by atoms with Gasteiger partial charge in [0.2, 0.25) is 5.91 Å². The topological polar surface area (TPSA) is 95.7 Å². The van der Waals surface area contributed by atoms with Crippen LogP contribution in [-0.4, -0.2) is 30.3 Å². The number of methoxy groups -OCH3 is 2. The fraction of sp³-hybridized carbons (Fsp3) is 0.192. The van der Waals surface area contributed by atoms with Gasteiger partial charge in [-0.05, 0) is 61.9 Å². The van der Waals surface area contributed by atoms with Crippen molar-refractivity contribution in [1.82, 2.24) is 10.1 Å². The highest BCUT2D eigenvalue weighted by Crippen LogP contribution is 2.30. The highest BCUT2D eigenvalue weighted by atomic mass is 32.1. The summed E-state index contributed by atoms with van der Waals surface area (Å²) in [5.41, 5.74) is 4.23. The Balaban J connectivity index is 1.37. The first kappa shape index (κ1) is 24.0. The van der Waals surface area contributed by atoms with Crippen molar-refractivity contribution < 1.29 is 23.5 Å². The molecule has 2 aromatic carbocycles. The highest BCUT2D eigenvalue weighted by molar-refractivity contribution is 7.14. The summed E-state index contributed by atoms with van der Waals surface area (Å²) in [5.74, 6) is 2.37. The molecule has 4 aromatic rings. The van der Waals surface area contributed by atoms with Crippen molar-refractivity contribution in [3.63, 3.8) is 0 Å². The molecular formula is C26H25N3O5S. The number of rotatable bonds is 9. The van der Waals surface area contributed by atoms with E-state index in [2.05, 4.69) is 15.5 Å². The number of amides is 1. The first-order valence-corrected chi connectivity index (χ1v) is 11.7. The molecule has 0 bridgehead atoms. The minimum Gasteiger partial charge on any atom is -0.497 e. The molecule has 1 amide bonds. The first-order valence-electron chi connectivity index (χ1n) is 10.8. The number of aromatic nitrogens is 2. The van der Waals surface area contributed by atoms with E-state index in [1.807, 2.05) is 49.6 Å². The average molecular weight is 492 g/mol. The molecule has 0 unspecified atom stereocenters. The van der Waals surface area contributed by atoms with Gasteiger partial charge in [0.25, 0.3) is 0 Å². The molecule has 180 valence electrons. The average Bonchev–Trinajstić information content (AvgIpc) is 3.47. The Hall–Kier alpha value is -4.11. The lowest BCUT2D eigenvalue weighted by atomic mass is 10.2. The molecule has 9 heteroatoms. The zero-order valence-electron chi connectivity index (χ0n) is 19.8. The number of carbonyl (C=O) groups is 1. The van der Waals surface area contributed by atoms with Gasteiger partial charge in [0.05, 0.1) is 31.2 Å². The van der Waals surface area contributed by atoms with Crippen LogP contribution in [0.25, 0.3) is 17.3 Å². The van der Waals surface area contributed by atoms with Gasteiger partial charge < -0.3 is 18.7 Å². The quantitative estimate of drug-likeness (QED) is 0.302. The summed E-state index contributed by atoms with van der Waals surface area (Å²) in [4.78, 5) is 16.9. The molecule has 0 aliphatic heterocycles. The third-order valence-electron chi connectivity index (χ3n) is 5.29. The molecule has 1 N–H and O–H groups in total. The van der Waals surface area contributed by atoms with E-state index in [0.717, 1.165) is 39.6 Å². The van der Waals surface area contributed by atoms with E-state index in [1.165, 1.54) is 17.4 Å². The van der Waals surface area contributed by atoms with Gasteiger partial charge in [-0.15, -0.1) is 11.3 Å². The lowest BCUT2D eigenvalue weighted by molar-refractivity contribution is -0.111. The lowest BCUT2D eigenvalue weighted by Crippen LogP contribution is -2.07. The van der Waals surface area contributed by atoms with Gasteiger partial charge in [0.15, 0.2) is 16.6 Å². The fourth-order valence-corrected chi connectivity index (χ4v) is 4.03. The van der Waals surface area contributed by atoms with E-state index in [4.69, 9.17) is 18.7 Å². The molecule has 0 fully saturated rings. The van der Waals surface area contributed by atoms with Crippen LogP contribution in [0, 0.1) is 13.8 Å². The molecule has 4 rings (SSSR count). The molecule has 0 radical (unpaired) electrons. The van der Waals surface area contributed by atoms with Crippen LogP contribution in [0.3, 0.4) is 0 Å². The van der Waals surface area contributed by atoms with Crippen molar-refractivity contribution in [3.05, 3.63) is 76.5 Å². The van der Waals surface area contributed by atoms with E-state index in [9.17, 15) is 4.79 Å². The number of nitrogens with one attached hydrogen (secondary N) is 1. The van der Waals surface area contributed by atoms with Crippen LogP contribution in [0.1, 0.15) is 22.6 Å². The molecular weight excluding hydrogens is 466 g/mol. The predicted molar refractivity (Wildman–Crippen MR) is 135 cm³/mol. The number of benzene rings is 2. The molecule has 0 aliphatic rings. The Bertz CT molecular complexity index is 1320. The number of aryl methyl sites for hydroxylation is 2. The molecule has 35 heavy (non-hydrogen) atoms. The van der Waals surface area contributed by atoms with E-state index < -0.39 is 0 Å². The molecule has 0 saturated carbocycles. The van der Waals surface area contributed by atoms with E-state index >= 15 is 0 Å². The Morgan fingerprint density at radius 2 is 1.89 bits per heavy atom. The maximum Gasteiger partial charge on any atom is 0.250 e. The number of nitrogens with zero attached hydrogens (tertiary/aromatic N) is 2. The molecule has 8 nitrogen and oxygen atoms in total. The monoisotopic (exact) mass is 491 g/mol. The molecule has 0 aliphatic carbocycles. The van der Waals surface area contributed by atoms with Crippen molar-refractivity contribution >= 4 is 28.5 Å². The molecule has 2 aromatic heterocycles. The smallest absolute Gasteiger partial charge is 0.250 e. The van der Waals surface area contributed by atoms with Crippen molar-refractivity contribution in [3.8, 4) is 28.5 Å². The van der Waals surface area contributed by atoms with Crippen molar-refractivity contribution in [2.24, 2.45) is 0 Å². The first-order chi connectivity index (χ1) is 17.0. The minimum absolute atomic E-state index is 0.279. The normalized spacial score (nSPS) is 11.0. The van der Waals surface area contributed by atoms with Crippen LogP contribution in [0.5, 0.6) is 17.2 Å². The van der Waals surface area contributed by atoms with Gasteiger partial charge in [-0.2, -0.15) is 0 Å². The summed E-state index contributed by atoms with van der Waals surface area (Å²) in [7, 11) is 3.20. The number of thiazole rings is 1. The van der Waals surface area contributed by atoms with Gasteiger partial charge in [-0.25, -0.2) is 4.98 Å². The summed E-state index contributed by atoms with van der Waals surface area (Å²) in [5, 5.41) is 9.15. The van der Waals surface area contributed by atoms with Gasteiger partial charge in [-0.1, -0.05) is 11.2 Å². The largest absolute Gasteiger partial charge is 0.497 e. The highest BCUT2D eigenvalue weighted by Gasteiger charge is 2.12. The van der Waals surface area contributed by atoms with Gasteiger partial charge in [-0.3, -0.25) is 10.1 Å². The van der Waals surface area contributed by atoms with Crippen molar-refractivity contribution in [2.75, 3.05) is 19.5 Å². The Morgan fingerprint density at radius 1 is 1.09 bits per heavy atom. The van der Waals surface area contributed by atoms with Crippen LogP contribution < -0.4 is 19.5 Å². The Labute approximate surface area is 207 Å². The van der Waals surface area contributed by atoms with E-state index in [-0.39, 0.29) is 5.91 Å². The SMILES string of the molecule is COc1ccc(-c2csc(NC(=O)/C=C/c3ccc(OCc4c(C)noc4C)c(OC)c3)n2)cc1. The summed E-state index contributed by atoms with van der Waals surface area (Å²) in [6.45, 7) is 4.04. The number of ether oxygens (including phenoxy) is 3. The number of hydrogen-bond donors (Lipinski definition) is 1. The van der Waals surface area contributed by atoms with Crippen molar-refractivity contribution in [1.29, 1.82) is 0 Å². The number of hydrogen-bond acceptors (Lipinski definition) is 8. The Morgan fingerprint density at radius 3 is 2.57 bits per heavy atom. The lowest BCUT2D eigenvalue weighted by Gasteiger charge is -2.11. The Kier molecular flexibility index (Phi) is 7.47. The zero-order chi connectivity index (χ0) is 24.8. The summed E-state index contributed by atoms with van der Waals surface area (Å²) in [6, 6.07) is 13.0. The standard InChI is InChI=1S/C26H25N3O5S/c1-16-21(17(2)34-29-16)14-33-23-11-5-18(13-24(23)32-4)6-12-25(30)28-26-27-22(15-35-26)19-7-9-20(31-3)10-8-19/h5-13,15H,14H2,1-4H3,(H,27,28,30)/b12-6+. The second-order valence-electron chi connectivity index (χ2n) is 7.59. The zero-order valence-corrected chi connectivity index (χ0v) is 20.6. The van der Waals surface area contributed by atoms with Crippen LogP contribution in [-0.2, 0) is 11.4 Å². The van der Waals surface area contributed by atoms with Gasteiger partial charge >= 0.3 is 0 Å². The number of carbonyl (C=O) groups excluding carboxylic acids is 1. The second kappa shape index (κ2) is 10.9. The van der Waals surface area contributed by atoms with Crippen LogP contribution >= 0.6 is 11.3 Å². The summed E-state index contributed by atoms with van der Waals surface area (Å²) < 4.78 is 21.7.